The van der Waals surface area contributed by atoms with Crippen molar-refractivity contribution in [3.63, 3.8) is 0 Å². The van der Waals surface area contributed by atoms with Crippen molar-refractivity contribution in [1.82, 2.24) is 5.01 Å². The van der Waals surface area contributed by atoms with Gasteiger partial charge in [-0.05, 0) is 63.5 Å². The molecule has 0 fully saturated rings. The Kier molecular flexibility index (Phi) is 6.06. The van der Waals surface area contributed by atoms with Gasteiger partial charge in [-0.15, -0.1) is 0 Å². The Hall–Kier alpha value is -2.44. The van der Waals surface area contributed by atoms with Crippen LogP contribution in [0, 0.1) is 0 Å². The summed E-state index contributed by atoms with van der Waals surface area (Å²) in [4.78, 5) is 15.5. The third kappa shape index (κ3) is 4.20. The van der Waals surface area contributed by atoms with Crippen LogP contribution < -0.4 is 4.90 Å². The van der Waals surface area contributed by atoms with Gasteiger partial charge >= 0.3 is 0 Å². The predicted octanol–water partition coefficient (Wildman–Crippen LogP) is 6.27. The zero-order valence-electron chi connectivity index (χ0n) is 16.7. The van der Waals surface area contributed by atoms with Crippen molar-refractivity contribution in [3.8, 4) is 0 Å². The molecule has 0 saturated heterocycles. The molecule has 0 spiro atoms. The van der Waals surface area contributed by atoms with Gasteiger partial charge in [-0.2, -0.15) is 5.10 Å². The number of halogens is 2. The molecule has 3 aromatic rings. The number of amides is 1. The zero-order valence-corrected chi connectivity index (χ0v) is 19.9. The maximum atomic E-state index is 13.4. The molecule has 3 aromatic carbocycles. The first-order valence-corrected chi connectivity index (χ1v) is 11.2. The number of hydrogen-bond donors (Lipinski definition) is 0. The average molecular weight is 527 g/mol. The first-order valence-electron chi connectivity index (χ1n) is 9.63. The fourth-order valence-corrected chi connectivity index (χ4v) is 4.25. The summed E-state index contributed by atoms with van der Waals surface area (Å²) in [6, 6.07) is 23.7. The summed E-state index contributed by atoms with van der Waals surface area (Å²) < 4.78 is 1.77. The van der Waals surface area contributed by atoms with Crippen LogP contribution in [0.3, 0.4) is 0 Å². The molecule has 0 radical (unpaired) electrons. The largest absolute Gasteiger partial charge is 0.378 e. The van der Waals surface area contributed by atoms with E-state index in [2.05, 4.69) is 61.0 Å². The number of nitrogens with zero attached hydrogens (tertiary/aromatic N) is 3. The molecule has 0 aliphatic carbocycles. The lowest BCUT2D eigenvalue weighted by molar-refractivity contribution is 0.0710. The van der Waals surface area contributed by atoms with E-state index in [0.29, 0.717) is 12.0 Å². The van der Waals surface area contributed by atoms with E-state index in [4.69, 9.17) is 5.10 Å². The minimum atomic E-state index is -0.152. The molecule has 0 saturated carbocycles. The van der Waals surface area contributed by atoms with Gasteiger partial charge in [0.25, 0.3) is 5.91 Å². The van der Waals surface area contributed by atoms with Crippen molar-refractivity contribution in [1.29, 1.82) is 0 Å². The van der Waals surface area contributed by atoms with Crippen molar-refractivity contribution < 1.29 is 4.79 Å². The predicted molar refractivity (Wildman–Crippen MR) is 129 cm³/mol. The second-order valence-corrected chi connectivity index (χ2v) is 9.16. The number of carbonyl (C=O) groups excluding carboxylic acids is 1. The van der Waals surface area contributed by atoms with Crippen LogP contribution in [0.15, 0.2) is 86.8 Å². The molecule has 4 rings (SSSR count). The van der Waals surface area contributed by atoms with Crippen molar-refractivity contribution >= 4 is 49.2 Å². The maximum absolute atomic E-state index is 13.4. The summed E-state index contributed by atoms with van der Waals surface area (Å²) >= 11 is 7.00. The Labute approximate surface area is 193 Å². The van der Waals surface area contributed by atoms with Gasteiger partial charge in [-0.25, -0.2) is 5.01 Å². The van der Waals surface area contributed by atoms with E-state index in [1.807, 2.05) is 62.6 Å². The molecule has 0 N–H and O–H groups in total. The summed E-state index contributed by atoms with van der Waals surface area (Å²) in [5.74, 6) is -0.115. The van der Waals surface area contributed by atoms with E-state index in [1.54, 1.807) is 5.01 Å². The molecular weight excluding hydrogens is 506 g/mol. The van der Waals surface area contributed by atoms with Crippen LogP contribution in [0.1, 0.15) is 33.9 Å². The van der Waals surface area contributed by atoms with E-state index < -0.39 is 0 Å². The van der Waals surface area contributed by atoms with Crippen LogP contribution in [-0.2, 0) is 0 Å². The molecule has 0 aromatic heterocycles. The van der Waals surface area contributed by atoms with Gasteiger partial charge in [0.1, 0.15) is 0 Å². The monoisotopic (exact) mass is 525 g/mol. The third-order valence-corrected chi connectivity index (χ3v) is 6.41. The molecule has 0 unspecified atom stereocenters. The van der Waals surface area contributed by atoms with Crippen LogP contribution in [0.4, 0.5) is 5.69 Å². The van der Waals surface area contributed by atoms with E-state index in [9.17, 15) is 4.79 Å². The van der Waals surface area contributed by atoms with Crippen molar-refractivity contribution in [2.75, 3.05) is 19.0 Å². The van der Waals surface area contributed by atoms with Gasteiger partial charge < -0.3 is 4.90 Å². The van der Waals surface area contributed by atoms with Crippen molar-refractivity contribution in [2.45, 2.75) is 12.5 Å². The van der Waals surface area contributed by atoms with Crippen LogP contribution in [0.5, 0.6) is 0 Å². The standard InChI is InChI=1S/C24H21Br2N3O/c1-28(2)19-13-9-16(10-14-19)22-15-23(17-7-11-18(25)12-8-17)29(27-22)24(30)20-5-3-4-6-21(20)26/h3-14,23H,15H2,1-2H3/t23-/m0/s1. The van der Waals surface area contributed by atoms with Crippen LogP contribution >= 0.6 is 31.9 Å². The zero-order chi connectivity index (χ0) is 21.3. The van der Waals surface area contributed by atoms with E-state index in [0.717, 1.165) is 31.5 Å². The Balaban J connectivity index is 1.72. The average Bonchev–Trinajstić information content (AvgIpc) is 3.19. The molecule has 0 bridgehead atoms. The fourth-order valence-electron chi connectivity index (χ4n) is 3.53. The van der Waals surface area contributed by atoms with Gasteiger partial charge in [0.05, 0.1) is 17.3 Å². The highest BCUT2D eigenvalue weighted by Gasteiger charge is 2.34. The Morgan fingerprint density at radius 3 is 2.27 bits per heavy atom. The molecule has 1 aliphatic rings. The highest BCUT2D eigenvalue weighted by Crippen LogP contribution is 2.35. The quantitative estimate of drug-likeness (QED) is 0.401. The topological polar surface area (TPSA) is 35.9 Å². The van der Waals surface area contributed by atoms with E-state index >= 15 is 0 Å². The number of hydrogen-bond acceptors (Lipinski definition) is 3. The lowest BCUT2D eigenvalue weighted by Crippen LogP contribution is -2.27. The lowest BCUT2D eigenvalue weighted by Gasteiger charge is -2.22. The summed E-state index contributed by atoms with van der Waals surface area (Å²) in [5.41, 5.74) is 4.73. The van der Waals surface area contributed by atoms with Crippen LogP contribution in [0.2, 0.25) is 0 Å². The minimum absolute atomic E-state index is 0.115. The minimum Gasteiger partial charge on any atom is -0.378 e. The van der Waals surface area contributed by atoms with E-state index in [1.165, 1.54) is 0 Å². The second-order valence-electron chi connectivity index (χ2n) is 7.39. The molecular formula is C24H21Br2N3O. The van der Waals surface area contributed by atoms with Gasteiger partial charge in [-0.3, -0.25) is 4.79 Å². The van der Waals surface area contributed by atoms with E-state index in [-0.39, 0.29) is 11.9 Å². The number of carbonyl (C=O) groups is 1. The Bertz CT molecular complexity index is 1090. The van der Waals surface area contributed by atoms with Crippen LogP contribution in [0.25, 0.3) is 0 Å². The first kappa shape index (κ1) is 20.8. The molecule has 1 atom stereocenters. The highest BCUT2D eigenvalue weighted by atomic mass is 79.9. The second kappa shape index (κ2) is 8.74. The molecule has 4 nitrogen and oxygen atoms in total. The van der Waals surface area contributed by atoms with Crippen molar-refractivity contribution in [3.05, 3.63) is 98.4 Å². The summed E-state index contributed by atoms with van der Waals surface area (Å²) in [5, 5.41) is 6.41. The summed E-state index contributed by atoms with van der Waals surface area (Å²) in [7, 11) is 4.04. The normalized spacial score (nSPS) is 15.8. The van der Waals surface area contributed by atoms with Gasteiger partial charge in [0, 0.05) is 35.1 Å². The maximum Gasteiger partial charge on any atom is 0.275 e. The molecule has 30 heavy (non-hydrogen) atoms. The van der Waals surface area contributed by atoms with Gasteiger partial charge in [0.15, 0.2) is 0 Å². The molecule has 1 aliphatic heterocycles. The lowest BCUT2D eigenvalue weighted by atomic mass is 9.98. The number of benzene rings is 3. The fraction of sp³-hybridized carbons (Fsp3) is 0.167. The number of rotatable bonds is 4. The van der Waals surface area contributed by atoms with Crippen molar-refractivity contribution in [2.24, 2.45) is 5.10 Å². The van der Waals surface area contributed by atoms with Crippen LogP contribution in [-0.4, -0.2) is 30.7 Å². The molecule has 1 amide bonds. The third-order valence-electron chi connectivity index (χ3n) is 5.19. The molecule has 6 heteroatoms. The van der Waals surface area contributed by atoms with Gasteiger partial charge in [0.2, 0.25) is 0 Å². The summed E-state index contributed by atoms with van der Waals surface area (Å²) in [6.45, 7) is 0. The number of anilines is 1. The highest BCUT2D eigenvalue weighted by molar-refractivity contribution is 9.10. The molecule has 152 valence electrons. The number of hydrazone groups is 1. The smallest absolute Gasteiger partial charge is 0.275 e. The SMILES string of the molecule is CN(C)c1ccc(C2=NN(C(=O)c3ccccc3Br)[C@H](c3ccc(Br)cc3)C2)cc1. The summed E-state index contributed by atoms with van der Waals surface area (Å²) in [6.07, 6.45) is 0.666. The Morgan fingerprint density at radius 2 is 1.63 bits per heavy atom. The first-order chi connectivity index (χ1) is 14.4. The Morgan fingerprint density at radius 1 is 0.967 bits per heavy atom. The van der Waals surface area contributed by atoms with Gasteiger partial charge in [-0.1, -0.05) is 52.3 Å². The molecule has 1 heterocycles.